The molecule has 0 radical (unpaired) electrons. The van der Waals surface area contributed by atoms with Gasteiger partial charge in [0.15, 0.2) is 0 Å². The lowest BCUT2D eigenvalue weighted by molar-refractivity contribution is -0.385. The first-order chi connectivity index (χ1) is 11.6. The monoisotopic (exact) mass is 363 g/mol. The summed E-state index contributed by atoms with van der Waals surface area (Å²) in [6, 6.07) is 4.19. The molecular formula is C17H21N3O4S. The molecule has 25 heavy (non-hydrogen) atoms. The summed E-state index contributed by atoms with van der Waals surface area (Å²) in [5.41, 5.74) is 1.21. The molecule has 1 aromatic heterocycles. The summed E-state index contributed by atoms with van der Waals surface area (Å²) >= 11 is 1.55. The minimum atomic E-state index is -0.743. The maximum absolute atomic E-state index is 11.8. The zero-order valence-electron chi connectivity index (χ0n) is 14.8. The van der Waals surface area contributed by atoms with Crippen molar-refractivity contribution in [2.24, 2.45) is 0 Å². The Morgan fingerprint density at radius 1 is 1.40 bits per heavy atom. The summed E-state index contributed by atoms with van der Waals surface area (Å²) in [5.74, 6) is -0.743. The third-order valence-electron chi connectivity index (χ3n) is 3.64. The van der Waals surface area contributed by atoms with Crippen LogP contribution in [0.3, 0.4) is 0 Å². The number of aromatic nitrogens is 1. The molecule has 2 aromatic rings. The SMILES string of the molecule is COC(=O)c1cc(NC(C)c2nc(C(C)(C)C)cs2)ccc1[N+](=O)[O-]. The normalized spacial score (nSPS) is 12.5. The fourth-order valence-corrected chi connectivity index (χ4v) is 3.25. The first-order valence-corrected chi connectivity index (χ1v) is 8.60. The second-order valence-electron chi connectivity index (χ2n) is 6.67. The largest absolute Gasteiger partial charge is 0.465 e. The van der Waals surface area contributed by atoms with Crippen LogP contribution in [0, 0.1) is 10.1 Å². The first kappa shape index (κ1) is 18.9. The standard InChI is InChI=1S/C17H21N3O4S/c1-10(15-19-14(9-25-15)17(2,3)4)18-11-6-7-13(20(22)23)12(8-11)16(21)24-5/h6-10,18H,1-5H3. The summed E-state index contributed by atoms with van der Waals surface area (Å²) in [6.07, 6.45) is 0. The second kappa shape index (κ2) is 7.18. The lowest BCUT2D eigenvalue weighted by Gasteiger charge is -2.16. The van der Waals surface area contributed by atoms with E-state index in [0.29, 0.717) is 5.69 Å². The van der Waals surface area contributed by atoms with Crippen molar-refractivity contribution in [1.82, 2.24) is 4.98 Å². The van der Waals surface area contributed by atoms with Gasteiger partial charge < -0.3 is 10.1 Å². The Labute approximate surface area is 150 Å². The number of nitrogens with zero attached hydrogens (tertiary/aromatic N) is 2. The zero-order valence-corrected chi connectivity index (χ0v) is 15.6. The molecule has 1 aromatic carbocycles. The fraction of sp³-hybridized carbons (Fsp3) is 0.412. The molecule has 1 atom stereocenters. The number of hydrogen-bond donors (Lipinski definition) is 1. The van der Waals surface area contributed by atoms with Crippen molar-refractivity contribution in [1.29, 1.82) is 0 Å². The van der Waals surface area contributed by atoms with Gasteiger partial charge in [0.25, 0.3) is 5.69 Å². The minimum Gasteiger partial charge on any atom is -0.465 e. The van der Waals surface area contributed by atoms with E-state index in [1.165, 1.54) is 19.2 Å². The first-order valence-electron chi connectivity index (χ1n) is 7.72. The molecule has 1 N–H and O–H groups in total. The smallest absolute Gasteiger partial charge is 0.344 e. The van der Waals surface area contributed by atoms with E-state index in [4.69, 9.17) is 0 Å². The molecule has 0 aliphatic heterocycles. The molecule has 8 heteroatoms. The van der Waals surface area contributed by atoms with Gasteiger partial charge in [-0.3, -0.25) is 10.1 Å². The topological polar surface area (TPSA) is 94.4 Å². The number of esters is 1. The number of hydrogen-bond acceptors (Lipinski definition) is 7. The van der Waals surface area contributed by atoms with E-state index in [2.05, 4.69) is 35.8 Å². The number of nitro benzene ring substituents is 1. The maximum atomic E-state index is 11.8. The van der Waals surface area contributed by atoms with Crippen molar-refractivity contribution in [3.63, 3.8) is 0 Å². The lowest BCUT2D eigenvalue weighted by atomic mass is 9.93. The van der Waals surface area contributed by atoms with Gasteiger partial charge in [0, 0.05) is 22.5 Å². The van der Waals surface area contributed by atoms with Crippen molar-refractivity contribution >= 4 is 28.7 Å². The summed E-state index contributed by atoms with van der Waals surface area (Å²) in [5, 5.41) is 17.2. The van der Waals surface area contributed by atoms with Crippen LogP contribution in [0.5, 0.6) is 0 Å². The number of methoxy groups -OCH3 is 1. The van der Waals surface area contributed by atoms with Crippen LogP contribution in [0.2, 0.25) is 0 Å². The average Bonchev–Trinajstić information content (AvgIpc) is 3.04. The van der Waals surface area contributed by atoms with Crippen molar-refractivity contribution < 1.29 is 14.5 Å². The number of carbonyl (C=O) groups is 1. The predicted molar refractivity (Wildman–Crippen MR) is 97.3 cm³/mol. The maximum Gasteiger partial charge on any atom is 0.344 e. The number of thiazole rings is 1. The molecule has 7 nitrogen and oxygen atoms in total. The van der Waals surface area contributed by atoms with Gasteiger partial charge in [-0.15, -0.1) is 11.3 Å². The van der Waals surface area contributed by atoms with E-state index in [-0.39, 0.29) is 22.7 Å². The highest BCUT2D eigenvalue weighted by molar-refractivity contribution is 7.09. The molecule has 0 fully saturated rings. The van der Waals surface area contributed by atoms with Crippen LogP contribution in [0.15, 0.2) is 23.6 Å². The van der Waals surface area contributed by atoms with Gasteiger partial charge in [-0.05, 0) is 19.1 Å². The van der Waals surface area contributed by atoms with Crippen LogP contribution < -0.4 is 5.32 Å². The Balaban J connectivity index is 2.26. The van der Waals surface area contributed by atoms with Gasteiger partial charge >= 0.3 is 5.97 Å². The molecule has 0 saturated carbocycles. The van der Waals surface area contributed by atoms with E-state index in [0.717, 1.165) is 10.7 Å². The van der Waals surface area contributed by atoms with Crippen LogP contribution in [0.4, 0.5) is 11.4 Å². The molecule has 0 aliphatic carbocycles. The molecule has 2 rings (SSSR count). The van der Waals surface area contributed by atoms with Gasteiger partial charge in [0.05, 0.1) is 23.8 Å². The Morgan fingerprint density at radius 3 is 2.60 bits per heavy atom. The molecule has 1 heterocycles. The third kappa shape index (κ3) is 4.33. The summed E-state index contributed by atoms with van der Waals surface area (Å²) in [4.78, 5) is 26.9. The number of benzene rings is 1. The molecule has 0 spiro atoms. The lowest BCUT2D eigenvalue weighted by Crippen LogP contribution is -2.13. The molecule has 0 aliphatic rings. The zero-order chi connectivity index (χ0) is 18.8. The van der Waals surface area contributed by atoms with E-state index < -0.39 is 10.9 Å². The van der Waals surface area contributed by atoms with Gasteiger partial charge in [0.1, 0.15) is 10.6 Å². The number of rotatable bonds is 5. The van der Waals surface area contributed by atoms with Crippen molar-refractivity contribution in [2.45, 2.75) is 39.2 Å². The molecule has 1 unspecified atom stereocenters. The van der Waals surface area contributed by atoms with E-state index in [1.807, 2.05) is 12.3 Å². The molecular weight excluding hydrogens is 342 g/mol. The summed E-state index contributed by atoms with van der Waals surface area (Å²) < 4.78 is 4.63. The minimum absolute atomic E-state index is 0.0279. The number of nitrogens with one attached hydrogen (secondary N) is 1. The van der Waals surface area contributed by atoms with Gasteiger partial charge in [-0.25, -0.2) is 9.78 Å². The molecule has 0 bridgehead atoms. The Kier molecular flexibility index (Phi) is 5.42. The van der Waals surface area contributed by atoms with E-state index in [1.54, 1.807) is 17.4 Å². The molecule has 0 saturated heterocycles. The quantitative estimate of drug-likeness (QED) is 0.483. The highest BCUT2D eigenvalue weighted by atomic mass is 32.1. The Bertz CT molecular complexity index is 795. The highest BCUT2D eigenvalue weighted by Crippen LogP contribution is 2.30. The Hall–Kier alpha value is -2.48. The van der Waals surface area contributed by atoms with Crippen LogP contribution in [-0.4, -0.2) is 23.0 Å². The number of nitro groups is 1. The number of anilines is 1. The van der Waals surface area contributed by atoms with Crippen LogP contribution in [0.1, 0.15) is 54.8 Å². The summed E-state index contributed by atoms with van der Waals surface area (Å²) in [6.45, 7) is 8.25. The number of carbonyl (C=O) groups excluding carboxylic acids is 1. The number of ether oxygens (including phenoxy) is 1. The van der Waals surface area contributed by atoms with Crippen molar-refractivity contribution in [3.05, 3.63) is 50.0 Å². The van der Waals surface area contributed by atoms with Crippen LogP contribution in [0.25, 0.3) is 0 Å². The van der Waals surface area contributed by atoms with Crippen LogP contribution in [-0.2, 0) is 10.2 Å². The highest BCUT2D eigenvalue weighted by Gasteiger charge is 2.23. The molecule has 134 valence electrons. The Morgan fingerprint density at radius 2 is 2.08 bits per heavy atom. The van der Waals surface area contributed by atoms with Crippen molar-refractivity contribution in [2.75, 3.05) is 12.4 Å². The second-order valence-corrected chi connectivity index (χ2v) is 7.56. The summed E-state index contributed by atoms with van der Waals surface area (Å²) in [7, 11) is 1.19. The van der Waals surface area contributed by atoms with Gasteiger partial charge in [0.2, 0.25) is 0 Å². The van der Waals surface area contributed by atoms with Crippen molar-refractivity contribution in [3.8, 4) is 0 Å². The van der Waals surface area contributed by atoms with Gasteiger partial charge in [-0.2, -0.15) is 0 Å². The van der Waals surface area contributed by atoms with E-state index in [9.17, 15) is 14.9 Å². The third-order valence-corrected chi connectivity index (χ3v) is 4.67. The predicted octanol–water partition coefficient (Wildman–Crippen LogP) is 4.31. The van der Waals surface area contributed by atoms with Crippen LogP contribution >= 0.6 is 11.3 Å². The van der Waals surface area contributed by atoms with Gasteiger partial charge in [-0.1, -0.05) is 20.8 Å². The average molecular weight is 363 g/mol. The fourth-order valence-electron chi connectivity index (χ4n) is 2.20. The van der Waals surface area contributed by atoms with E-state index >= 15 is 0 Å². The molecule has 0 amide bonds.